The third kappa shape index (κ3) is 5.05. The van der Waals surface area contributed by atoms with Gasteiger partial charge in [0.2, 0.25) is 0 Å². The Morgan fingerprint density at radius 1 is 1.14 bits per heavy atom. The van der Waals surface area contributed by atoms with Crippen LogP contribution in [0.25, 0.3) is 0 Å². The van der Waals surface area contributed by atoms with Crippen molar-refractivity contribution in [2.75, 3.05) is 5.32 Å². The van der Waals surface area contributed by atoms with Gasteiger partial charge in [0.15, 0.2) is 0 Å². The topological polar surface area (TPSA) is 94.1 Å². The minimum Gasteiger partial charge on any atom is -0.481 e. The second-order valence-corrected chi connectivity index (χ2v) is 9.14. The summed E-state index contributed by atoms with van der Waals surface area (Å²) in [4.78, 5) is 23.5. The van der Waals surface area contributed by atoms with Gasteiger partial charge in [0.1, 0.15) is 5.60 Å². The summed E-state index contributed by atoms with van der Waals surface area (Å²) in [7, 11) is -0.669. The summed E-state index contributed by atoms with van der Waals surface area (Å²) in [5.74, 6) is -0.966. The van der Waals surface area contributed by atoms with Crippen molar-refractivity contribution in [3.05, 3.63) is 23.3 Å². The zero-order valence-corrected chi connectivity index (χ0v) is 17.9. The Labute approximate surface area is 166 Å². The number of nitrogens with one attached hydrogen (secondary N) is 1. The molecule has 1 saturated heterocycles. The van der Waals surface area contributed by atoms with Gasteiger partial charge >= 0.3 is 19.2 Å². The van der Waals surface area contributed by atoms with Crippen molar-refractivity contribution >= 4 is 30.3 Å². The van der Waals surface area contributed by atoms with Crippen molar-refractivity contribution < 1.29 is 28.7 Å². The SMILES string of the molecule is Cc1c(NC(=O)OC(C)(C)C)cc(CC(=O)O)cc1B1OC(C)(C)C(C)(C)O1. The molecule has 0 spiro atoms. The highest BCUT2D eigenvalue weighted by Gasteiger charge is 2.52. The lowest BCUT2D eigenvalue weighted by atomic mass is 9.74. The average molecular weight is 391 g/mol. The summed E-state index contributed by atoms with van der Waals surface area (Å²) in [5.41, 5.74) is 0.705. The van der Waals surface area contributed by atoms with E-state index in [1.807, 2.05) is 34.6 Å². The van der Waals surface area contributed by atoms with Crippen LogP contribution in [0.3, 0.4) is 0 Å². The van der Waals surface area contributed by atoms with E-state index in [4.69, 9.17) is 14.0 Å². The third-order valence-electron chi connectivity index (χ3n) is 5.01. The zero-order valence-electron chi connectivity index (χ0n) is 17.9. The summed E-state index contributed by atoms with van der Waals surface area (Å²) in [6, 6.07) is 3.40. The lowest BCUT2D eigenvalue weighted by Crippen LogP contribution is -2.41. The van der Waals surface area contributed by atoms with E-state index >= 15 is 0 Å². The van der Waals surface area contributed by atoms with Crippen molar-refractivity contribution in [2.45, 2.75) is 78.6 Å². The molecule has 1 aromatic rings. The van der Waals surface area contributed by atoms with Crippen molar-refractivity contribution in [1.82, 2.24) is 0 Å². The Hall–Kier alpha value is -2.06. The lowest BCUT2D eigenvalue weighted by molar-refractivity contribution is -0.136. The van der Waals surface area contributed by atoms with Gasteiger partial charge in [-0.3, -0.25) is 10.1 Å². The number of carbonyl (C=O) groups is 2. The smallest absolute Gasteiger partial charge is 0.481 e. The third-order valence-corrected chi connectivity index (χ3v) is 5.01. The summed E-state index contributed by atoms with van der Waals surface area (Å²) in [5, 5.41) is 11.9. The highest BCUT2D eigenvalue weighted by molar-refractivity contribution is 6.62. The molecule has 7 nitrogen and oxygen atoms in total. The second kappa shape index (κ2) is 7.41. The quantitative estimate of drug-likeness (QED) is 0.766. The van der Waals surface area contributed by atoms with Crippen LogP contribution in [0, 0.1) is 6.92 Å². The molecule has 0 aromatic heterocycles. The fraction of sp³-hybridized carbons (Fsp3) is 0.600. The van der Waals surface area contributed by atoms with Crippen LogP contribution in [0.1, 0.15) is 59.6 Å². The molecular weight excluding hydrogens is 361 g/mol. The predicted octanol–water partition coefficient (Wildman–Crippen LogP) is 3.27. The maximum absolute atomic E-state index is 12.2. The van der Waals surface area contributed by atoms with Crippen LogP contribution in [0.15, 0.2) is 12.1 Å². The first-order valence-electron chi connectivity index (χ1n) is 9.32. The summed E-state index contributed by atoms with van der Waals surface area (Å²) >= 11 is 0. The van der Waals surface area contributed by atoms with Crippen LogP contribution in [0.2, 0.25) is 0 Å². The maximum atomic E-state index is 12.2. The zero-order chi connectivity index (χ0) is 21.5. The minimum atomic E-state index is -0.966. The second-order valence-electron chi connectivity index (χ2n) is 9.14. The fourth-order valence-corrected chi connectivity index (χ4v) is 2.83. The molecule has 0 saturated carbocycles. The average Bonchev–Trinajstić information content (AvgIpc) is 2.67. The number of benzene rings is 1. The van der Waals surface area contributed by atoms with Crippen molar-refractivity contribution in [1.29, 1.82) is 0 Å². The van der Waals surface area contributed by atoms with Gasteiger partial charge in [-0.1, -0.05) is 6.07 Å². The Morgan fingerprint density at radius 3 is 2.14 bits per heavy atom. The van der Waals surface area contributed by atoms with Crippen LogP contribution >= 0.6 is 0 Å². The molecular formula is C20H30BNO6. The van der Waals surface area contributed by atoms with E-state index in [2.05, 4.69) is 5.32 Å². The van der Waals surface area contributed by atoms with Crippen molar-refractivity contribution in [3.8, 4) is 0 Å². The molecule has 0 atom stereocenters. The Kier molecular flexibility index (Phi) is 5.88. The van der Waals surface area contributed by atoms with Gasteiger partial charge in [0.05, 0.1) is 17.6 Å². The lowest BCUT2D eigenvalue weighted by Gasteiger charge is -2.32. The van der Waals surface area contributed by atoms with Crippen molar-refractivity contribution in [3.63, 3.8) is 0 Å². The largest absolute Gasteiger partial charge is 0.495 e. The molecule has 2 rings (SSSR count). The van der Waals surface area contributed by atoms with Crippen LogP contribution < -0.4 is 10.8 Å². The first kappa shape index (κ1) is 22.2. The Bertz CT molecular complexity index is 766. The van der Waals surface area contributed by atoms with Gasteiger partial charge in [0.25, 0.3) is 0 Å². The van der Waals surface area contributed by atoms with E-state index < -0.39 is 36.0 Å². The first-order chi connectivity index (χ1) is 12.6. The molecule has 154 valence electrons. The molecule has 0 unspecified atom stereocenters. The molecule has 1 fully saturated rings. The number of aliphatic carboxylic acids is 1. The van der Waals surface area contributed by atoms with E-state index in [1.54, 1.807) is 32.9 Å². The van der Waals surface area contributed by atoms with Gasteiger partial charge in [-0.2, -0.15) is 0 Å². The van der Waals surface area contributed by atoms with Crippen LogP contribution in [0.5, 0.6) is 0 Å². The summed E-state index contributed by atoms with van der Waals surface area (Å²) in [6.07, 6.45) is -0.793. The Morgan fingerprint density at radius 2 is 1.68 bits per heavy atom. The number of amides is 1. The van der Waals surface area contributed by atoms with Gasteiger partial charge < -0.3 is 19.2 Å². The number of carboxylic acids is 1. The normalized spacial score (nSPS) is 18.1. The number of rotatable bonds is 4. The standard InChI is InChI=1S/C20H30BNO6/c1-12-14(21-27-19(5,6)20(7,8)28-21)9-13(11-16(23)24)10-15(12)22-17(25)26-18(2,3)4/h9-10H,11H2,1-8H3,(H,22,25)(H,23,24). The van der Waals surface area contributed by atoms with Crippen LogP contribution in [0.4, 0.5) is 10.5 Å². The number of hydrogen-bond donors (Lipinski definition) is 2. The molecule has 0 aliphatic carbocycles. The predicted molar refractivity (Wildman–Crippen MR) is 108 cm³/mol. The number of hydrogen-bond acceptors (Lipinski definition) is 5. The summed E-state index contributed by atoms with van der Waals surface area (Å²) in [6.45, 7) is 14.9. The van der Waals surface area contributed by atoms with E-state index in [-0.39, 0.29) is 6.42 Å². The monoisotopic (exact) mass is 391 g/mol. The molecule has 0 radical (unpaired) electrons. The molecule has 8 heteroatoms. The minimum absolute atomic E-state index is 0.185. The number of carbonyl (C=O) groups excluding carboxylic acids is 1. The number of anilines is 1. The molecule has 1 aromatic carbocycles. The summed E-state index contributed by atoms with van der Waals surface area (Å²) < 4.78 is 17.6. The number of carboxylic acid groups (broad SMARTS) is 1. The molecule has 2 N–H and O–H groups in total. The van der Waals surface area contributed by atoms with E-state index in [1.165, 1.54) is 0 Å². The van der Waals surface area contributed by atoms with E-state index in [0.717, 1.165) is 5.56 Å². The molecule has 0 bridgehead atoms. The molecule has 1 heterocycles. The van der Waals surface area contributed by atoms with E-state index in [9.17, 15) is 14.7 Å². The van der Waals surface area contributed by atoms with Gasteiger partial charge in [0, 0.05) is 5.69 Å². The number of ether oxygens (including phenoxy) is 1. The van der Waals surface area contributed by atoms with Gasteiger partial charge in [-0.25, -0.2) is 4.79 Å². The van der Waals surface area contributed by atoms with Crippen LogP contribution in [-0.2, 0) is 25.3 Å². The fourth-order valence-electron chi connectivity index (χ4n) is 2.83. The van der Waals surface area contributed by atoms with Crippen molar-refractivity contribution in [2.24, 2.45) is 0 Å². The molecule has 28 heavy (non-hydrogen) atoms. The van der Waals surface area contributed by atoms with Gasteiger partial charge in [-0.15, -0.1) is 0 Å². The maximum Gasteiger partial charge on any atom is 0.495 e. The first-order valence-corrected chi connectivity index (χ1v) is 9.32. The molecule has 1 aliphatic rings. The highest BCUT2D eigenvalue weighted by atomic mass is 16.7. The van der Waals surface area contributed by atoms with E-state index in [0.29, 0.717) is 16.7 Å². The van der Waals surface area contributed by atoms with Gasteiger partial charge in [-0.05, 0) is 78.0 Å². The molecule has 1 aliphatic heterocycles. The highest BCUT2D eigenvalue weighted by Crippen LogP contribution is 2.37. The Balaban J connectivity index is 2.43. The van der Waals surface area contributed by atoms with Crippen LogP contribution in [-0.4, -0.2) is 41.1 Å². The molecule has 1 amide bonds.